The van der Waals surface area contributed by atoms with Crippen molar-refractivity contribution in [1.82, 2.24) is 9.88 Å². The topological polar surface area (TPSA) is 119 Å². The number of carbonyl (C=O) groups is 2. The van der Waals surface area contributed by atoms with Crippen molar-refractivity contribution in [2.45, 2.75) is 39.2 Å². The highest BCUT2D eigenvalue weighted by Gasteiger charge is 2.25. The number of primary amides is 1. The lowest BCUT2D eigenvalue weighted by Gasteiger charge is -2.16. The first kappa shape index (κ1) is 21.4. The Kier molecular flexibility index (Phi) is 6.72. The minimum atomic E-state index is -0.572. The molecule has 30 heavy (non-hydrogen) atoms. The maximum Gasteiger partial charge on any atom is 0.252 e. The second kappa shape index (κ2) is 9.44. The molecule has 0 spiro atoms. The number of likely N-dealkylation sites (tertiary alicyclic amines) is 1. The predicted molar refractivity (Wildman–Crippen MR) is 111 cm³/mol. The summed E-state index contributed by atoms with van der Waals surface area (Å²) in [6, 6.07) is 7.06. The molecule has 2 N–H and O–H groups in total. The Balaban J connectivity index is 1.70. The summed E-state index contributed by atoms with van der Waals surface area (Å²) in [5.74, 6) is 0.730. The molecule has 2 heterocycles. The molecule has 1 aliphatic heterocycles. The fourth-order valence-electron chi connectivity index (χ4n) is 3.63. The third-order valence-corrected chi connectivity index (χ3v) is 5.08. The number of nitrogens with zero attached hydrogens (tertiary/aromatic N) is 3. The van der Waals surface area contributed by atoms with Crippen molar-refractivity contribution >= 4 is 22.7 Å². The maximum atomic E-state index is 11.8. The van der Waals surface area contributed by atoms with Gasteiger partial charge in [0.15, 0.2) is 0 Å². The van der Waals surface area contributed by atoms with Gasteiger partial charge in [0.05, 0.1) is 29.9 Å². The van der Waals surface area contributed by atoms with Crippen LogP contribution in [0.2, 0.25) is 0 Å². The number of amides is 2. The lowest BCUT2D eigenvalue weighted by atomic mass is 10.1. The number of nitriles is 1. The van der Waals surface area contributed by atoms with E-state index in [1.807, 2.05) is 19.9 Å². The van der Waals surface area contributed by atoms with Gasteiger partial charge in [0.25, 0.3) is 5.91 Å². The van der Waals surface area contributed by atoms with Crippen molar-refractivity contribution in [2.75, 3.05) is 19.7 Å². The van der Waals surface area contributed by atoms with E-state index in [-0.39, 0.29) is 24.0 Å². The van der Waals surface area contributed by atoms with Crippen molar-refractivity contribution in [1.29, 1.82) is 5.26 Å². The van der Waals surface area contributed by atoms with Gasteiger partial charge in [-0.25, -0.2) is 0 Å². The van der Waals surface area contributed by atoms with Gasteiger partial charge in [-0.05, 0) is 50.8 Å². The number of aromatic nitrogens is 1. The van der Waals surface area contributed by atoms with Crippen LogP contribution in [0, 0.1) is 17.2 Å². The fraction of sp³-hybridized carbons (Fsp3) is 0.455. The van der Waals surface area contributed by atoms with E-state index < -0.39 is 5.91 Å². The van der Waals surface area contributed by atoms with Crippen LogP contribution in [0.15, 0.2) is 24.4 Å². The van der Waals surface area contributed by atoms with Gasteiger partial charge in [-0.2, -0.15) is 5.26 Å². The zero-order valence-electron chi connectivity index (χ0n) is 17.3. The quantitative estimate of drug-likeness (QED) is 0.715. The highest BCUT2D eigenvalue weighted by atomic mass is 16.5. The van der Waals surface area contributed by atoms with Crippen LogP contribution in [0.25, 0.3) is 10.9 Å². The third-order valence-electron chi connectivity index (χ3n) is 5.08. The number of fused-ring (bicyclic) bond motifs is 1. The van der Waals surface area contributed by atoms with E-state index in [4.69, 9.17) is 20.5 Å². The number of carbonyl (C=O) groups excluding carboxylic acids is 2. The van der Waals surface area contributed by atoms with Crippen LogP contribution >= 0.6 is 0 Å². The van der Waals surface area contributed by atoms with E-state index in [1.165, 1.54) is 0 Å². The molecule has 1 aliphatic rings. The number of ether oxygens (including phenoxy) is 2. The summed E-state index contributed by atoms with van der Waals surface area (Å²) in [6.45, 7) is 5.59. The highest BCUT2D eigenvalue weighted by molar-refractivity contribution is 6.01. The van der Waals surface area contributed by atoms with Crippen molar-refractivity contribution < 1.29 is 19.1 Å². The smallest absolute Gasteiger partial charge is 0.252 e. The van der Waals surface area contributed by atoms with Crippen molar-refractivity contribution in [3.8, 4) is 17.6 Å². The third kappa shape index (κ3) is 4.98. The number of nitrogens with two attached hydrogens (primary N) is 1. The molecule has 1 aromatic carbocycles. The molecule has 0 radical (unpaired) electrons. The van der Waals surface area contributed by atoms with Gasteiger partial charge in [-0.3, -0.25) is 14.6 Å². The van der Waals surface area contributed by atoms with Crippen LogP contribution < -0.4 is 15.2 Å². The van der Waals surface area contributed by atoms with Crippen LogP contribution in [0.4, 0.5) is 0 Å². The standard InChI is InChI=1S/C22H26N4O4/c1-14(2)30-20-12-16-18(11-17(20)22(24)28)25-8-4-19(16)29-10-6-15-5-9-26(13-15)21(27)3-7-23/h4,8,11-12,14-15H,3,5-6,9-10,13H2,1-2H3,(H2,24,28). The normalized spacial score (nSPS) is 15.9. The first-order valence-corrected chi connectivity index (χ1v) is 10.1. The number of hydrogen-bond acceptors (Lipinski definition) is 6. The van der Waals surface area contributed by atoms with Crippen LogP contribution in [-0.4, -0.2) is 47.5 Å². The van der Waals surface area contributed by atoms with E-state index >= 15 is 0 Å². The van der Waals surface area contributed by atoms with Gasteiger partial charge in [-0.1, -0.05) is 0 Å². The number of hydrogen-bond donors (Lipinski definition) is 1. The molecule has 8 nitrogen and oxygen atoms in total. The molecule has 1 aromatic heterocycles. The monoisotopic (exact) mass is 410 g/mol. The highest BCUT2D eigenvalue weighted by Crippen LogP contribution is 2.32. The summed E-state index contributed by atoms with van der Waals surface area (Å²) in [5.41, 5.74) is 6.39. The first-order valence-electron chi connectivity index (χ1n) is 10.1. The van der Waals surface area contributed by atoms with Crippen molar-refractivity contribution in [3.63, 3.8) is 0 Å². The van der Waals surface area contributed by atoms with Crippen LogP contribution in [0.3, 0.4) is 0 Å². The Labute approximate surface area is 175 Å². The number of rotatable bonds is 8. The lowest BCUT2D eigenvalue weighted by Crippen LogP contribution is -2.28. The second-order valence-electron chi connectivity index (χ2n) is 7.67. The summed E-state index contributed by atoms with van der Waals surface area (Å²) < 4.78 is 11.8. The Hall–Kier alpha value is -3.34. The van der Waals surface area contributed by atoms with Gasteiger partial charge in [0.2, 0.25) is 5.91 Å². The summed E-state index contributed by atoms with van der Waals surface area (Å²) in [7, 11) is 0. The fourth-order valence-corrected chi connectivity index (χ4v) is 3.63. The van der Waals surface area contributed by atoms with Crippen LogP contribution in [0.5, 0.6) is 11.5 Å². The summed E-state index contributed by atoms with van der Waals surface area (Å²) >= 11 is 0. The van der Waals surface area contributed by atoms with E-state index in [9.17, 15) is 9.59 Å². The van der Waals surface area contributed by atoms with Crippen LogP contribution in [0.1, 0.15) is 43.5 Å². The maximum absolute atomic E-state index is 11.8. The van der Waals surface area contributed by atoms with Gasteiger partial charge < -0.3 is 20.1 Å². The Bertz CT molecular complexity index is 983. The largest absolute Gasteiger partial charge is 0.493 e. The van der Waals surface area contributed by atoms with Gasteiger partial charge in [0.1, 0.15) is 17.9 Å². The molecule has 0 saturated carbocycles. The van der Waals surface area contributed by atoms with Gasteiger partial charge >= 0.3 is 0 Å². The Morgan fingerprint density at radius 1 is 1.37 bits per heavy atom. The summed E-state index contributed by atoms with van der Waals surface area (Å²) in [4.78, 5) is 29.7. The molecule has 2 aromatic rings. The SMILES string of the molecule is CC(C)Oc1cc2c(OCCC3CCN(C(=O)CC#N)C3)ccnc2cc1C(N)=O. The second-order valence-corrected chi connectivity index (χ2v) is 7.67. The zero-order chi connectivity index (χ0) is 21.7. The average Bonchev–Trinajstić information content (AvgIpc) is 3.16. The van der Waals surface area contributed by atoms with Crippen molar-refractivity contribution in [2.24, 2.45) is 11.7 Å². The Morgan fingerprint density at radius 3 is 2.87 bits per heavy atom. The van der Waals surface area contributed by atoms with Gasteiger partial charge in [-0.15, -0.1) is 0 Å². The molecule has 2 amide bonds. The summed E-state index contributed by atoms with van der Waals surface area (Å²) in [5, 5.41) is 9.42. The Morgan fingerprint density at radius 2 is 2.17 bits per heavy atom. The molecule has 1 fully saturated rings. The minimum Gasteiger partial charge on any atom is -0.493 e. The van der Waals surface area contributed by atoms with Gasteiger partial charge in [0, 0.05) is 24.7 Å². The van der Waals surface area contributed by atoms with E-state index in [0.717, 1.165) is 18.2 Å². The van der Waals surface area contributed by atoms with Crippen LogP contribution in [-0.2, 0) is 4.79 Å². The molecule has 1 saturated heterocycles. The molecule has 3 rings (SSSR count). The van der Waals surface area contributed by atoms with Crippen molar-refractivity contribution in [3.05, 3.63) is 30.0 Å². The molecule has 1 atom stereocenters. The van der Waals surface area contributed by atoms with E-state index in [0.29, 0.717) is 42.6 Å². The van der Waals surface area contributed by atoms with E-state index in [1.54, 1.807) is 29.3 Å². The summed E-state index contributed by atoms with van der Waals surface area (Å²) in [6.07, 6.45) is 3.15. The zero-order valence-corrected chi connectivity index (χ0v) is 17.3. The molecular formula is C22H26N4O4. The van der Waals surface area contributed by atoms with E-state index in [2.05, 4.69) is 4.98 Å². The average molecular weight is 410 g/mol. The molecule has 158 valence electrons. The molecule has 0 aliphatic carbocycles. The minimum absolute atomic E-state index is 0.0691. The molecule has 8 heteroatoms. The number of benzene rings is 1. The predicted octanol–water partition coefficient (Wildman–Crippen LogP) is 2.65. The first-order chi connectivity index (χ1) is 14.4. The molecule has 1 unspecified atom stereocenters. The molecular weight excluding hydrogens is 384 g/mol. The number of pyridine rings is 1. The molecule has 0 bridgehead atoms. The lowest BCUT2D eigenvalue weighted by molar-refractivity contribution is -0.129.